The van der Waals surface area contributed by atoms with Gasteiger partial charge in [-0.3, -0.25) is 4.89 Å². The average molecular weight is 306 g/mol. The van der Waals surface area contributed by atoms with Crippen molar-refractivity contribution in [3.05, 3.63) is 0 Å². The third-order valence-corrected chi connectivity index (χ3v) is 3.77. The molecule has 0 amide bonds. The smallest absolute Gasteiger partial charge is 0.369 e. The molecule has 0 saturated carbocycles. The highest BCUT2D eigenvalue weighted by Crippen LogP contribution is 2.57. The summed E-state index contributed by atoms with van der Waals surface area (Å²) in [6.07, 6.45) is 1.27. The van der Waals surface area contributed by atoms with E-state index < -0.39 is 27.7 Å². The normalized spacial score (nSPS) is 16.9. The lowest BCUT2D eigenvalue weighted by atomic mass is 10.1. The Labute approximate surface area is 103 Å². The molecule has 0 aliphatic heterocycles. The van der Waals surface area contributed by atoms with Crippen LogP contribution in [0.5, 0.6) is 0 Å². The number of phosphoric ester groups is 1. The number of phosphoric acid groups is 2. The summed E-state index contributed by atoms with van der Waals surface area (Å²) in [6, 6.07) is -1.20. The van der Waals surface area contributed by atoms with E-state index in [1.54, 1.807) is 0 Å². The van der Waals surface area contributed by atoms with Gasteiger partial charge in [-0.15, -0.1) is 0 Å². The Morgan fingerprint density at radius 3 is 2.22 bits per heavy atom. The summed E-state index contributed by atoms with van der Waals surface area (Å²) in [5.74, 6) is -1.29. The summed E-state index contributed by atoms with van der Waals surface area (Å²) in [5.41, 5.74) is 10.5. The Kier molecular flexibility index (Phi) is 7.19. The van der Waals surface area contributed by atoms with Crippen LogP contribution in [0.25, 0.3) is 0 Å². The van der Waals surface area contributed by atoms with E-state index in [0.717, 1.165) is 0 Å². The molecule has 0 aromatic rings. The van der Waals surface area contributed by atoms with Gasteiger partial charge in [0.05, 0.1) is 0 Å². The molecular formula is C6H16N2O8P2. The van der Waals surface area contributed by atoms with Crippen LogP contribution in [0, 0.1) is 0 Å². The van der Waals surface area contributed by atoms with Gasteiger partial charge in [0.2, 0.25) is 0 Å². The van der Waals surface area contributed by atoms with Crippen LogP contribution in [-0.4, -0.2) is 33.2 Å². The van der Waals surface area contributed by atoms with E-state index in [2.05, 4.69) is 8.83 Å². The predicted octanol–water partition coefficient (Wildman–Crippen LogP) is -0.804. The Morgan fingerprint density at radius 1 is 1.22 bits per heavy atom. The summed E-state index contributed by atoms with van der Waals surface area (Å²) in [4.78, 5) is 36.7. The van der Waals surface area contributed by atoms with Gasteiger partial charge in [0.15, 0.2) is 0 Å². The summed E-state index contributed by atoms with van der Waals surface area (Å²) >= 11 is 0. The molecule has 0 rings (SSSR count). The van der Waals surface area contributed by atoms with E-state index in [0.29, 0.717) is 19.4 Å². The minimum atomic E-state index is -5.25. The molecule has 0 fully saturated rings. The number of carbonyl (C=O) groups is 1. The van der Waals surface area contributed by atoms with Crippen molar-refractivity contribution in [3.63, 3.8) is 0 Å². The van der Waals surface area contributed by atoms with Crippen molar-refractivity contribution in [1.29, 1.82) is 0 Å². The van der Waals surface area contributed by atoms with Crippen LogP contribution in [0.15, 0.2) is 0 Å². The summed E-state index contributed by atoms with van der Waals surface area (Å²) < 4.78 is 28.6. The lowest BCUT2D eigenvalue weighted by Gasteiger charge is -2.15. The van der Waals surface area contributed by atoms with E-state index in [9.17, 15) is 13.9 Å². The third-order valence-electron chi connectivity index (χ3n) is 1.69. The van der Waals surface area contributed by atoms with Gasteiger partial charge in [0.25, 0.3) is 0 Å². The fraction of sp³-hybridized carbons (Fsp3) is 0.833. The maximum atomic E-state index is 11.2. The Morgan fingerprint density at radius 2 is 1.78 bits per heavy atom. The molecule has 12 heteroatoms. The summed E-state index contributed by atoms with van der Waals surface area (Å²) in [6.45, 7) is 0.404. The molecule has 10 nitrogen and oxygen atoms in total. The fourth-order valence-corrected chi connectivity index (χ4v) is 2.53. The van der Waals surface area contributed by atoms with Crippen molar-refractivity contribution in [2.75, 3.05) is 6.54 Å². The molecule has 0 saturated heterocycles. The number of nitrogens with two attached hydrogens (primary N) is 2. The van der Waals surface area contributed by atoms with Crippen LogP contribution in [0.4, 0.5) is 0 Å². The van der Waals surface area contributed by atoms with Gasteiger partial charge in [-0.25, -0.2) is 13.9 Å². The Balaban J connectivity index is 4.29. The van der Waals surface area contributed by atoms with Gasteiger partial charge >= 0.3 is 21.6 Å². The molecule has 2 atom stereocenters. The number of unbranched alkanes of at least 4 members (excludes halogenated alkanes) is 1. The maximum absolute atomic E-state index is 11.2. The second-order valence-electron chi connectivity index (χ2n) is 3.34. The van der Waals surface area contributed by atoms with Crippen LogP contribution in [0.3, 0.4) is 0 Å². The number of hydrogen-bond donors (Lipinski definition) is 5. The summed E-state index contributed by atoms with van der Waals surface area (Å²) in [5, 5.41) is 0. The van der Waals surface area contributed by atoms with Crippen molar-refractivity contribution in [2.45, 2.75) is 25.3 Å². The second-order valence-corrected chi connectivity index (χ2v) is 6.10. The fourth-order valence-electron chi connectivity index (χ4n) is 0.959. The van der Waals surface area contributed by atoms with Gasteiger partial charge in [-0.1, -0.05) is 6.42 Å². The minimum absolute atomic E-state index is 0.159. The second kappa shape index (κ2) is 7.32. The van der Waals surface area contributed by atoms with E-state index in [-0.39, 0.29) is 6.42 Å². The lowest BCUT2D eigenvalue weighted by molar-refractivity contribution is -0.137. The Hall–Kier alpha value is -0.310. The minimum Gasteiger partial charge on any atom is -0.369 e. The number of carbonyl (C=O) groups excluding carboxylic acids is 1. The molecule has 0 aromatic carbocycles. The monoisotopic (exact) mass is 306 g/mol. The first kappa shape index (κ1) is 17.7. The molecule has 0 heterocycles. The zero-order valence-electron chi connectivity index (χ0n) is 9.34. The molecule has 0 bridgehead atoms. The molecule has 0 aliphatic rings. The first-order valence-electron chi connectivity index (χ1n) is 4.86. The van der Waals surface area contributed by atoms with E-state index in [1.807, 2.05) is 0 Å². The van der Waals surface area contributed by atoms with E-state index in [4.69, 9.17) is 26.1 Å². The van der Waals surface area contributed by atoms with Crippen molar-refractivity contribution in [3.8, 4) is 0 Å². The number of hydrogen-bond acceptors (Lipinski definition) is 7. The Bertz CT molecular complexity index is 369. The third kappa shape index (κ3) is 8.73. The van der Waals surface area contributed by atoms with Crippen LogP contribution in [0.1, 0.15) is 19.3 Å². The van der Waals surface area contributed by atoms with Gasteiger partial charge < -0.3 is 25.8 Å². The van der Waals surface area contributed by atoms with Crippen LogP contribution in [-0.2, 0) is 22.8 Å². The quantitative estimate of drug-likeness (QED) is 0.281. The molecule has 108 valence electrons. The van der Waals surface area contributed by atoms with Crippen molar-refractivity contribution in [2.24, 2.45) is 11.5 Å². The van der Waals surface area contributed by atoms with E-state index in [1.165, 1.54) is 0 Å². The van der Waals surface area contributed by atoms with Crippen molar-refractivity contribution < 1.29 is 37.4 Å². The highest BCUT2D eigenvalue weighted by molar-refractivity contribution is 7.61. The molecule has 18 heavy (non-hydrogen) atoms. The average Bonchev–Trinajstić information content (AvgIpc) is 2.12. The predicted molar refractivity (Wildman–Crippen MR) is 59.9 cm³/mol. The highest BCUT2D eigenvalue weighted by Gasteiger charge is 2.36. The van der Waals surface area contributed by atoms with Gasteiger partial charge in [-0.05, 0) is 19.4 Å². The topological polar surface area (TPSA) is 182 Å². The first-order chi connectivity index (χ1) is 8.07. The highest BCUT2D eigenvalue weighted by atomic mass is 31.3. The molecule has 0 aromatic heterocycles. The van der Waals surface area contributed by atoms with Crippen LogP contribution in [0.2, 0.25) is 0 Å². The largest absolute Gasteiger partial charge is 0.538 e. The maximum Gasteiger partial charge on any atom is 0.538 e. The SMILES string of the molecule is NCCCC[C@H](N)C(=O)OP(=O)(O)OP(=O)(O)O. The van der Waals surface area contributed by atoms with Crippen LogP contribution < -0.4 is 11.5 Å². The molecule has 0 radical (unpaired) electrons. The van der Waals surface area contributed by atoms with Crippen LogP contribution >= 0.6 is 15.6 Å². The summed E-state index contributed by atoms with van der Waals surface area (Å²) in [7, 11) is -10.4. The lowest BCUT2D eigenvalue weighted by Crippen LogP contribution is -2.31. The first-order valence-corrected chi connectivity index (χ1v) is 7.89. The van der Waals surface area contributed by atoms with Crippen molar-refractivity contribution in [1.82, 2.24) is 0 Å². The standard InChI is InChI=1S/C6H16N2O8P2/c7-4-2-1-3-5(8)6(9)15-18(13,14)16-17(10,11)12/h5H,1-4,7-8H2,(H,13,14)(H2,10,11,12)/t5-/m0/s1. The zero-order chi connectivity index (χ0) is 14.4. The molecule has 0 spiro atoms. The van der Waals surface area contributed by atoms with E-state index >= 15 is 0 Å². The van der Waals surface area contributed by atoms with Gasteiger partial charge in [-0.2, -0.15) is 4.31 Å². The molecule has 7 N–H and O–H groups in total. The number of rotatable bonds is 8. The molecule has 0 aliphatic carbocycles. The van der Waals surface area contributed by atoms with Gasteiger partial charge in [0.1, 0.15) is 6.04 Å². The molecule has 1 unspecified atom stereocenters. The van der Waals surface area contributed by atoms with Gasteiger partial charge in [0, 0.05) is 0 Å². The van der Waals surface area contributed by atoms with Crippen molar-refractivity contribution >= 4 is 21.6 Å². The molecular weight excluding hydrogens is 290 g/mol. The zero-order valence-corrected chi connectivity index (χ0v) is 11.1.